The van der Waals surface area contributed by atoms with Crippen LogP contribution in [0.15, 0.2) is 10.2 Å². The first-order chi connectivity index (χ1) is 20.4. The van der Waals surface area contributed by atoms with E-state index in [0.29, 0.717) is 0 Å². The summed E-state index contributed by atoms with van der Waals surface area (Å²) in [4.78, 5) is 0. The summed E-state index contributed by atoms with van der Waals surface area (Å²) in [6.07, 6.45) is -74.1. The molecule has 48 heavy (non-hydrogen) atoms. The summed E-state index contributed by atoms with van der Waals surface area (Å²) in [5, 5.41) is 39.6. The van der Waals surface area contributed by atoms with Crippen molar-refractivity contribution in [2.75, 3.05) is 0 Å². The SMILES string of the molecule is OC(CC(CC(O)(C(F)(F)F)C(F)(F)F)=NN=C(CC(O)(C(F)(F)F)C(F)(F)F)CC(O)(C(F)(F)F)C(F)(F)F)(C(F)(F)F)C(F)(F)F. The van der Waals surface area contributed by atoms with E-state index in [1.165, 1.54) is 10.2 Å². The van der Waals surface area contributed by atoms with Crippen LogP contribution in [0.5, 0.6) is 0 Å². The Morgan fingerprint density at radius 2 is 0.375 bits per heavy atom. The van der Waals surface area contributed by atoms with Gasteiger partial charge in [0.15, 0.2) is 0 Å². The zero-order chi connectivity index (χ0) is 39.4. The molecule has 0 spiro atoms. The Bertz CT molecular complexity index is 945. The lowest BCUT2D eigenvalue weighted by molar-refractivity contribution is -0.370. The third kappa shape index (κ3) is 8.80. The van der Waals surface area contributed by atoms with E-state index in [2.05, 4.69) is 0 Å². The minimum absolute atomic E-state index is 1.54. The molecule has 0 atom stereocenters. The number of halogens is 24. The first-order valence-corrected chi connectivity index (χ1v) is 10.9. The van der Waals surface area contributed by atoms with E-state index in [4.69, 9.17) is 20.4 Å². The topological polar surface area (TPSA) is 106 Å². The second kappa shape index (κ2) is 12.7. The highest BCUT2D eigenvalue weighted by Crippen LogP contribution is 2.51. The van der Waals surface area contributed by atoms with E-state index in [9.17, 15) is 105 Å². The molecule has 6 nitrogen and oxygen atoms in total. The van der Waals surface area contributed by atoms with Gasteiger partial charge in [0.2, 0.25) is 0 Å². The summed E-state index contributed by atoms with van der Waals surface area (Å²) in [7, 11) is 0. The molecule has 4 N–H and O–H groups in total. The second-order valence-corrected chi connectivity index (χ2v) is 9.46. The van der Waals surface area contributed by atoms with Crippen molar-refractivity contribution >= 4 is 11.4 Å². The van der Waals surface area contributed by atoms with Gasteiger partial charge in [-0.1, -0.05) is 0 Å². The van der Waals surface area contributed by atoms with Crippen LogP contribution in [0.1, 0.15) is 25.7 Å². The highest BCUT2D eigenvalue weighted by Gasteiger charge is 2.75. The molecule has 286 valence electrons. The molecule has 0 saturated heterocycles. The van der Waals surface area contributed by atoms with Crippen molar-refractivity contribution < 1.29 is 126 Å². The van der Waals surface area contributed by atoms with E-state index < -0.39 is 109 Å². The first kappa shape index (κ1) is 45.5. The average Bonchev–Trinajstić information content (AvgIpc) is 2.76. The summed E-state index contributed by atoms with van der Waals surface area (Å²) >= 11 is 0. The predicted molar refractivity (Wildman–Crippen MR) is 102 cm³/mol. The highest BCUT2D eigenvalue weighted by atomic mass is 19.4. The molecule has 0 amide bonds. The molecule has 0 aliphatic carbocycles. The third-order valence-electron chi connectivity index (χ3n) is 5.92. The quantitative estimate of drug-likeness (QED) is 0.118. The van der Waals surface area contributed by atoms with E-state index >= 15 is 0 Å². The predicted octanol–water partition coefficient (Wildman–Crippen LogP) is 6.77. The maximum Gasteiger partial charge on any atom is 0.426 e. The fraction of sp³-hybridized carbons (Fsp3) is 0.889. The Labute approximate surface area is 246 Å². The minimum Gasteiger partial charge on any atom is -0.373 e. The lowest BCUT2D eigenvalue weighted by Gasteiger charge is -2.36. The monoisotopic (exact) mass is 776 g/mol. The standard InChI is InChI=1S/C18H12F24N2O4/c19-11(20,21)7(45,12(22,23)24)1-5(2-8(46,13(25,26)27)14(28,29)30)43-44-6(3-9(47,15(31,32)33)16(34,35)36)4-10(48,17(37,38)39)18(40,41)42/h45-48H,1-4H2. The molecular weight excluding hydrogens is 764 g/mol. The van der Waals surface area contributed by atoms with Crippen LogP contribution in [-0.4, -0.2) is 104 Å². The van der Waals surface area contributed by atoms with Crippen molar-refractivity contribution in [3.63, 3.8) is 0 Å². The van der Waals surface area contributed by atoms with E-state index in [-0.39, 0.29) is 0 Å². The Morgan fingerprint density at radius 3 is 0.458 bits per heavy atom. The summed E-state index contributed by atoms with van der Waals surface area (Å²) in [6.45, 7) is 0. The maximum atomic E-state index is 13.1. The number of aliphatic hydroxyl groups is 4. The third-order valence-corrected chi connectivity index (χ3v) is 5.92. The summed E-state index contributed by atoms with van der Waals surface area (Å²) in [5.41, 5.74) is -33.4. The largest absolute Gasteiger partial charge is 0.426 e. The lowest BCUT2D eigenvalue weighted by atomic mass is 9.87. The van der Waals surface area contributed by atoms with Crippen molar-refractivity contribution in [2.45, 2.75) is 97.5 Å². The highest BCUT2D eigenvalue weighted by molar-refractivity contribution is 5.90. The molecule has 0 bridgehead atoms. The summed E-state index contributed by atoms with van der Waals surface area (Å²) < 4.78 is 314. The van der Waals surface area contributed by atoms with Crippen LogP contribution in [0.2, 0.25) is 0 Å². The van der Waals surface area contributed by atoms with Crippen molar-refractivity contribution in [3.8, 4) is 0 Å². The van der Waals surface area contributed by atoms with Gasteiger partial charge in [0.05, 0.1) is 0 Å². The van der Waals surface area contributed by atoms with E-state index in [1.54, 1.807) is 0 Å². The van der Waals surface area contributed by atoms with Crippen LogP contribution < -0.4 is 0 Å². The van der Waals surface area contributed by atoms with Crippen LogP contribution in [-0.2, 0) is 0 Å². The number of hydrogen-bond donors (Lipinski definition) is 4. The second-order valence-electron chi connectivity index (χ2n) is 9.46. The molecule has 0 fully saturated rings. The number of nitrogens with zero attached hydrogens (tertiary/aromatic N) is 2. The van der Waals surface area contributed by atoms with Gasteiger partial charge in [0.1, 0.15) is 0 Å². The Balaban J connectivity index is 8.25. The van der Waals surface area contributed by atoms with Crippen molar-refractivity contribution in [1.82, 2.24) is 0 Å². The molecule has 0 heterocycles. The van der Waals surface area contributed by atoms with Crippen LogP contribution in [0.25, 0.3) is 0 Å². The minimum atomic E-state index is -7.30. The molecule has 30 heteroatoms. The molecule has 0 saturated carbocycles. The van der Waals surface area contributed by atoms with Gasteiger partial charge in [-0.05, 0) is 0 Å². The molecular formula is C18H12F24N2O4. The number of hydrogen-bond acceptors (Lipinski definition) is 6. The van der Waals surface area contributed by atoms with Gasteiger partial charge in [-0.25, -0.2) is 0 Å². The number of alkyl halides is 24. The molecule has 0 aromatic rings. The average molecular weight is 776 g/mol. The number of rotatable bonds is 9. The van der Waals surface area contributed by atoms with Gasteiger partial charge in [0.25, 0.3) is 22.4 Å². The van der Waals surface area contributed by atoms with Gasteiger partial charge in [-0.2, -0.15) is 116 Å². The normalized spacial score (nSPS) is 15.8. The van der Waals surface area contributed by atoms with Gasteiger partial charge in [0, 0.05) is 37.1 Å². The molecule has 0 aromatic carbocycles. The van der Waals surface area contributed by atoms with Gasteiger partial charge >= 0.3 is 49.4 Å². The summed E-state index contributed by atoms with van der Waals surface area (Å²) in [5.74, 6) is 0. The lowest BCUT2D eigenvalue weighted by Crippen LogP contribution is -2.61. The fourth-order valence-electron chi connectivity index (χ4n) is 3.03. The van der Waals surface area contributed by atoms with Crippen LogP contribution in [0.4, 0.5) is 105 Å². The van der Waals surface area contributed by atoms with E-state index in [1.807, 2.05) is 0 Å². The van der Waals surface area contributed by atoms with Crippen molar-refractivity contribution in [2.24, 2.45) is 10.2 Å². The fourth-order valence-corrected chi connectivity index (χ4v) is 3.03. The Kier molecular flexibility index (Phi) is 12.0. The molecule has 0 unspecified atom stereocenters. The van der Waals surface area contributed by atoms with Crippen molar-refractivity contribution in [3.05, 3.63) is 0 Å². The Hall–Kier alpha value is -2.50. The maximum absolute atomic E-state index is 13.1. The zero-order valence-electron chi connectivity index (χ0n) is 21.6. The molecule has 0 rings (SSSR count). The Morgan fingerprint density at radius 1 is 0.271 bits per heavy atom. The van der Waals surface area contributed by atoms with Gasteiger partial charge < -0.3 is 20.4 Å². The smallest absolute Gasteiger partial charge is 0.373 e. The van der Waals surface area contributed by atoms with E-state index in [0.717, 1.165) is 0 Å². The molecule has 0 aliphatic rings. The van der Waals surface area contributed by atoms with Crippen molar-refractivity contribution in [1.29, 1.82) is 0 Å². The van der Waals surface area contributed by atoms with Crippen LogP contribution >= 0.6 is 0 Å². The van der Waals surface area contributed by atoms with Crippen LogP contribution in [0.3, 0.4) is 0 Å². The molecule has 0 radical (unpaired) electrons. The van der Waals surface area contributed by atoms with Gasteiger partial charge in [-0.3, -0.25) is 0 Å². The van der Waals surface area contributed by atoms with Crippen LogP contribution in [0, 0.1) is 0 Å². The van der Waals surface area contributed by atoms with Gasteiger partial charge in [-0.15, -0.1) is 0 Å². The summed E-state index contributed by atoms with van der Waals surface area (Å²) in [6, 6.07) is 0. The molecule has 0 aliphatic heterocycles. The first-order valence-electron chi connectivity index (χ1n) is 10.9. The zero-order valence-corrected chi connectivity index (χ0v) is 21.6. The molecule has 0 aromatic heterocycles.